The monoisotopic (exact) mass is 392 g/mol. The van der Waals surface area contributed by atoms with Gasteiger partial charge in [-0.1, -0.05) is 0 Å². The van der Waals surface area contributed by atoms with Crippen molar-refractivity contribution >= 4 is 27.7 Å². The molecule has 144 valence electrons. The molecule has 2 heterocycles. The average molecular weight is 392 g/mol. The van der Waals surface area contributed by atoms with Crippen LogP contribution in [-0.4, -0.2) is 52.0 Å². The first-order valence-corrected chi connectivity index (χ1v) is 9.73. The van der Waals surface area contributed by atoms with Gasteiger partial charge in [-0.15, -0.1) is 0 Å². The van der Waals surface area contributed by atoms with Crippen molar-refractivity contribution in [2.75, 3.05) is 38.7 Å². The summed E-state index contributed by atoms with van der Waals surface area (Å²) in [5, 5.41) is 2.64. The Morgan fingerprint density at radius 2 is 2.04 bits per heavy atom. The lowest BCUT2D eigenvalue weighted by Crippen LogP contribution is -2.40. The van der Waals surface area contributed by atoms with E-state index in [0.29, 0.717) is 37.8 Å². The van der Waals surface area contributed by atoms with Crippen molar-refractivity contribution in [3.05, 3.63) is 48.4 Å². The molecule has 1 N–H and O–H groups in total. The summed E-state index contributed by atoms with van der Waals surface area (Å²) in [5.41, 5.74) is 0.265. The van der Waals surface area contributed by atoms with Crippen LogP contribution in [0.4, 0.5) is 5.69 Å². The van der Waals surface area contributed by atoms with Crippen LogP contribution in [0.5, 0.6) is 5.75 Å². The number of morpholine rings is 1. The van der Waals surface area contributed by atoms with E-state index in [-0.39, 0.29) is 10.6 Å². The van der Waals surface area contributed by atoms with Crippen molar-refractivity contribution in [1.29, 1.82) is 0 Å². The van der Waals surface area contributed by atoms with Crippen LogP contribution in [0.15, 0.2) is 52.0 Å². The SMILES string of the molecule is COc1ccc(S(=O)(=O)N2CCOCC2)cc1NC(=O)C=Cc1ccco1. The molecule has 0 saturated carbocycles. The fraction of sp³-hybridized carbons (Fsp3) is 0.278. The molecule has 8 nitrogen and oxygen atoms in total. The largest absolute Gasteiger partial charge is 0.495 e. The molecule has 0 unspecified atom stereocenters. The van der Waals surface area contributed by atoms with Crippen LogP contribution in [0.2, 0.25) is 0 Å². The fourth-order valence-corrected chi connectivity index (χ4v) is 4.03. The van der Waals surface area contributed by atoms with E-state index in [0.717, 1.165) is 0 Å². The Bertz CT molecular complexity index is 915. The molecule has 1 saturated heterocycles. The van der Waals surface area contributed by atoms with Crippen molar-refractivity contribution in [3.63, 3.8) is 0 Å². The number of nitrogens with zero attached hydrogens (tertiary/aromatic N) is 1. The first-order chi connectivity index (χ1) is 13.0. The van der Waals surface area contributed by atoms with Crippen molar-refractivity contribution < 1.29 is 27.1 Å². The molecular formula is C18H20N2O6S. The highest BCUT2D eigenvalue weighted by atomic mass is 32.2. The summed E-state index contributed by atoms with van der Waals surface area (Å²) in [4.78, 5) is 12.2. The van der Waals surface area contributed by atoms with E-state index in [2.05, 4.69) is 5.32 Å². The van der Waals surface area contributed by atoms with Crippen LogP contribution in [0.25, 0.3) is 6.08 Å². The zero-order chi connectivity index (χ0) is 19.3. The highest BCUT2D eigenvalue weighted by Gasteiger charge is 2.27. The molecule has 0 aliphatic carbocycles. The number of rotatable bonds is 6. The number of carbonyl (C=O) groups is 1. The normalized spacial score (nSPS) is 15.7. The summed E-state index contributed by atoms with van der Waals surface area (Å²) in [6, 6.07) is 7.78. The molecule has 0 spiro atoms. The van der Waals surface area contributed by atoms with Crippen LogP contribution in [0, 0.1) is 0 Å². The second-order valence-corrected chi connectivity index (χ2v) is 7.65. The Hall–Kier alpha value is -2.62. The van der Waals surface area contributed by atoms with Gasteiger partial charge in [-0.3, -0.25) is 4.79 Å². The number of hydrogen-bond acceptors (Lipinski definition) is 6. The van der Waals surface area contributed by atoms with Crippen LogP contribution in [0.1, 0.15) is 5.76 Å². The lowest BCUT2D eigenvalue weighted by Gasteiger charge is -2.26. The topological polar surface area (TPSA) is 98.1 Å². The number of anilines is 1. The average Bonchev–Trinajstić information content (AvgIpc) is 3.20. The third-order valence-corrected chi connectivity index (χ3v) is 5.87. The molecule has 0 radical (unpaired) electrons. The lowest BCUT2D eigenvalue weighted by atomic mass is 10.3. The van der Waals surface area contributed by atoms with Gasteiger partial charge >= 0.3 is 0 Å². The van der Waals surface area contributed by atoms with E-state index in [1.807, 2.05) is 0 Å². The first-order valence-electron chi connectivity index (χ1n) is 8.29. The standard InChI is InChI=1S/C18H20N2O6S/c1-24-17-6-5-15(27(22,23)20-8-11-25-12-9-20)13-16(17)19-18(21)7-4-14-3-2-10-26-14/h2-7,10,13H,8-9,11-12H2,1H3,(H,19,21). The van der Waals surface area contributed by atoms with Crippen LogP contribution >= 0.6 is 0 Å². The number of carbonyl (C=O) groups excluding carboxylic acids is 1. The maximum atomic E-state index is 12.8. The molecule has 0 bridgehead atoms. The van der Waals surface area contributed by atoms with Crippen molar-refractivity contribution in [3.8, 4) is 5.75 Å². The Morgan fingerprint density at radius 1 is 1.26 bits per heavy atom. The molecule has 2 aromatic rings. The molecule has 1 aliphatic rings. The number of furan rings is 1. The minimum absolute atomic E-state index is 0.0792. The molecule has 1 fully saturated rings. The Labute approximate surface area is 157 Å². The predicted molar refractivity (Wildman–Crippen MR) is 98.9 cm³/mol. The fourth-order valence-electron chi connectivity index (χ4n) is 2.60. The summed E-state index contributed by atoms with van der Waals surface area (Å²) in [6.07, 6.45) is 4.30. The molecule has 1 aliphatic heterocycles. The molecule has 27 heavy (non-hydrogen) atoms. The van der Waals surface area contributed by atoms with E-state index >= 15 is 0 Å². The van der Waals surface area contributed by atoms with Gasteiger partial charge in [-0.2, -0.15) is 4.31 Å². The van der Waals surface area contributed by atoms with Gasteiger partial charge in [0.2, 0.25) is 15.9 Å². The van der Waals surface area contributed by atoms with E-state index in [9.17, 15) is 13.2 Å². The summed E-state index contributed by atoms with van der Waals surface area (Å²) in [5.74, 6) is 0.446. The second kappa shape index (κ2) is 8.38. The number of sulfonamides is 1. The number of amides is 1. The van der Waals surface area contributed by atoms with E-state index in [4.69, 9.17) is 13.9 Å². The lowest BCUT2D eigenvalue weighted by molar-refractivity contribution is -0.111. The van der Waals surface area contributed by atoms with E-state index < -0.39 is 15.9 Å². The highest BCUT2D eigenvalue weighted by molar-refractivity contribution is 7.89. The van der Waals surface area contributed by atoms with Gasteiger partial charge < -0.3 is 19.2 Å². The van der Waals surface area contributed by atoms with Crippen molar-refractivity contribution in [2.24, 2.45) is 0 Å². The third kappa shape index (κ3) is 4.57. The van der Waals surface area contributed by atoms with Gasteiger partial charge in [0.15, 0.2) is 0 Å². The Balaban J connectivity index is 1.82. The molecule has 0 atom stereocenters. The van der Waals surface area contributed by atoms with E-state index in [1.54, 1.807) is 12.1 Å². The molecule has 3 rings (SSSR count). The second-order valence-electron chi connectivity index (χ2n) is 5.72. The molecule has 1 amide bonds. The zero-order valence-corrected chi connectivity index (χ0v) is 15.6. The smallest absolute Gasteiger partial charge is 0.248 e. The van der Waals surface area contributed by atoms with Crippen molar-refractivity contribution in [2.45, 2.75) is 4.90 Å². The number of methoxy groups -OCH3 is 1. The Kier molecular flexibility index (Phi) is 5.94. The van der Waals surface area contributed by atoms with E-state index in [1.165, 1.54) is 48.0 Å². The van der Waals surface area contributed by atoms with Crippen LogP contribution in [-0.2, 0) is 19.6 Å². The quantitative estimate of drug-likeness (QED) is 0.755. The summed E-state index contributed by atoms with van der Waals surface area (Å²) in [6.45, 7) is 1.30. The number of hydrogen-bond donors (Lipinski definition) is 1. The summed E-state index contributed by atoms with van der Waals surface area (Å²) < 4.78 is 42.5. The van der Waals surface area contributed by atoms with Gasteiger partial charge in [-0.05, 0) is 36.4 Å². The van der Waals surface area contributed by atoms with Crippen LogP contribution < -0.4 is 10.1 Å². The van der Waals surface area contributed by atoms with Gasteiger partial charge in [0, 0.05) is 19.2 Å². The molecule has 1 aromatic heterocycles. The maximum absolute atomic E-state index is 12.8. The third-order valence-electron chi connectivity index (χ3n) is 3.98. The highest BCUT2D eigenvalue weighted by Crippen LogP contribution is 2.29. The summed E-state index contributed by atoms with van der Waals surface area (Å²) >= 11 is 0. The maximum Gasteiger partial charge on any atom is 0.248 e. The number of ether oxygens (including phenoxy) is 2. The predicted octanol–water partition coefficient (Wildman–Crippen LogP) is 1.96. The first kappa shape index (κ1) is 19.2. The molecule has 9 heteroatoms. The zero-order valence-electron chi connectivity index (χ0n) is 14.8. The molecular weight excluding hydrogens is 372 g/mol. The minimum Gasteiger partial charge on any atom is -0.495 e. The van der Waals surface area contributed by atoms with Gasteiger partial charge in [-0.25, -0.2) is 8.42 Å². The van der Waals surface area contributed by atoms with Gasteiger partial charge in [0.1, 0.15) is 11.5 Å². The van der Waals surface area contributed by atoms with Crippen molar-refractivity contribution in [1.82, 2.24) is 4.31 Å². The van der Waals surface area contributed by atoms with Gasteiger partial charge in [0.25, 0.3) is 0 Å². The van der Waals surface area contributed by atoms with Gasteiger partial charge in [0.05, 0.1) is 37.2 Å². The number of benzene rings is 1. The molecule has 1 aromatic carbocycles. The summed E-state index contributed by atoms with van der Waals surface area (Å²) in [7, 11) is -2.24. The van der Waals surface area contributed by atoms with Crippen LogP contribution in [0.3, 0.4) is 0 Å². The Morgan fingerprint density at radius 3 is 2.70 bits per heavy atom. The number of nitrogens with one attached hydrogen (secondary N) is 1. The minimum atomic E-state index is -3.68.